The maximum atomic E-state index is 11.9. The summed E-state index contributed by atoms with van der Waals surface area (Å²) < 4.78 is 48.7. The van der Waals surface area contributed by atoms with Gasteiger partial charge < -0.3 is 0 Å². The summed E-state index contributed by atoms with van der Waals surface area (Å²) in [7, 11) is -7.97. The summed E-state index contributed by atoms with van der Waals surface area (Å²) in [5, 5.41) is 10.6. The number of benzene rings is 1. The van der Waals surface area contributed by atoms with Gasteiger partial charge in [0.15, 0.2) is 5.03 Å². The van der Waals surface area contributed by atoms with Crippen LogP contribution in [0.15, 0.2) is 46.5 Å². The van der Waals surface area contributed by atoms with Crippen LogP contribution in [0, 0.1) is 0 Å². The second-order valence-electron chi connectivity index (χ2n) is 3.57. The number of anilines is 1. The monoisotopic (exact) mass is 302 g/mol. The molecule has 102 valence electrons. The highest BCUT2D eigenvalue weighted by Crippen LogP contribution is 2.22. The Balaban J connectivity index is 2.46. The number of H-pyrrole nitrogens is 1. The number of sulfonamides is 2. The van der Waals surface area contributed by atoms with Crippen LogP contribution in [-0.2, 0) is 20.0 Å². The van der Waals surface area contributed by atoms with Crippen LogP contribution in [0.1, 0.15) is 0 Å². The van der Waals surface area contributed by atoms with Gasteiger partial charge >= 0.3 is 0 Å². The van der Waals surface area contributed by atoms with Gasteiger partial charge in [-0.3, -0.25) is 9.82 Å². The topological polar surface area (TPSA) is 135 Å². The van der Waals surface area contributed by atoms with Gasteiger partial charge in [-0.2, -0.15) is 13.5 Å². The lowest BCUT2D eigenvalue weighted by molar-refractivity contribution is 0.597. The summed E-state index contributed by atoms with van der Waals surface area (Å²) in [5.74, 6) is 0. The molecule has 2 rings (SSSR count). The van der Waals surface area contributed by atoms with E-state index in [1.807, 2.05) is 0 Å². The molecule has 1 heterocycles. The van der Waals surface area contributed by atoms with Crippen molar-refractivity contribution in [1.29, 1.82) is 0 Å². The average Bonchev–Trinajstić information content (AvgIpc) is 2.81. The number of nitrogens with zero attached hydrogens (tertiary/aromatic N) is 1. The van der Waals surface area contributed by atoms with Crippen LogP contribution in [0.25, 0.3) is 0 Å². The van der Waals surface area contributed by atoms with Gasteiger partial charge in [0, 0.05) is 0 Å². The number of primary sulfonamides is 1. The molecule has 0 spiro atoms. The standard InChI is InChI=1S/C9H10N4O4S2/c10-18(14,15)8-4-2-1-3-7(8)13-19(16,17)9-5-6-11-12-9/h1-6,13H,(H,11,12)(H2,10,14,15). The number of para-hydroxylation sites is 1. The van der Waals surface area contributed by atoms with Gasteiger partial charge in [-0.05, 0) is 18.2 Å². The molecule has 0 bridgehead atoms. The SMILES string of the molecule is NS(=O)(=O)c1ccccc1NS(=O)(=O)c1ccn[nH]1. The summed E-state index contributed by atoms with van der Waals surface area (Å²) >= 11 is 0. The van der Waals surface area contributed by atoms with Crippen molar-refractivity contribution in [2.75, 3.05) is 4.72 Å². The quantitative estimate of drug-likeness (QED) is 0.722. The largest absolute Gasteiger partial charge is 0.278 e. The molecule has 4 N–H and O–H groups in total. The van der Waals surface area contributed by atoms with E-state index >= 15 is 0 Å². The fourth-order valence-corrected chi connectivity index (χ4v) is 3.14. The summed E-state index contributed by atoms with van der Waals surface area (Å²) in [5.41, 5.74) is -0.125. The van der Waals surface area contributed by atoms with Gasteiger partial charge in [0.05, 0.1) is 11.9 Å². The highest BCUT2D eigenvalue weighted by atomic mass is 32.2. The number of hydrogen-bond acceptors (Lipinski definition) is 5. The van der Waals surface area contributed by atoms with Crippen LogP contribution in [0.5, 0.6) is 0 Å². The molecule has 2 aromatic rings. The van der Waals surface area contributed by atoms with E-state index in [0.29, 0.717) is 0 Å². The van der Waals surface area contributed by atoms with Crippen LogP contribution >= 0.6 is 0 Å². The molecule has 0 aliphatic rings. The predicted octanol–water partition coefficient (Wildman–Crippen LogP) is -0.142. The van der Waals surface area contributed by atoms with Crippen LogP contribution in [0.2, 0.25) is 0 Å². The molecule has 0 unspecified atom stereocenters. The first-order chi connectivity index (χ1) is 8.81. The molecule has 10 heteroatoms. The number of hydrogen-bond donors (Lipinski definition) is 3. The minimum atomic E-state index is -4.03. The molecular formula is C9H10N4O4S2. The number of aromatic nitrogens is 2. The Hall–Kier alpha value is -1.91. The normalized spacial score (nSPS) is 12.3. The van der Waals surface area contributed by atoms with Crippen molar-refractivity contribution in [2.45, 2.75) is 9.92 Å². The third kappa shape index (κ3) is 2.92. The second kappa shape index (κ2) is 4.64. The van der Waals surface area contributed by atoms with Crippen molar-refractivity contribution in [2.24, 2.45) is 5.14 Å². The first kappa shape index (κ1) is 13.5. The van der Waals surface area contributed by atoms with E-state index in [4.69, 9.17) is 5.14 Å². The van der Waals surface area contributed by atoms with Crippen LogP contribution in [0.3, 0.4) is 0 Å². The molecule has 0 amide bonds. The first-order valence-electron chi connectivity index (χ1n) is 4.95. The minimum Gasteiger partial charge on any atom is -0.277 e. The zero-order chi connectivity index (χ0) is 14.1. The Bertz CT molecular complexity index is 781. The van der Waals surface area contributed by atoms with E-state index in [0.717, 1.165) is 0 Å². The van der Waals surface area contributed by atoms with E-state index in [-0.39, 0.29) is 15.6 Å². The number of nitrogens with two attached hydrogens (primary N) is 1. The summed E-state index contributed by atoms with van der Waals surface area (Å²) in [6, 6.07) is 6.67. The van der Waals surface area contributed by atoms with E-state index in [2.05, 4.69) is 14.9 Å². The van der Waals surface area contributed by atoms with E-state index in [1.54, 1.807) is 0 Å². The van der Waals surface area contributed by atoms with Crippen molar-refractivity contribution in [3.8, 4) is 0 Å². The highest BCUT2D eigenvalue weighted by Gasteiger charge is 2.20. The van der Waals surface area contributed by atoms with Crippen molar-refractivity contribution in [3.63, 3.8) is 0 Å². The number of nitrogens with one attached hydrogen (secondary N) is 2. The van der Waals surface area contributed by atoms with Gasteiger partial charge in [0.1, 0.15) is 4.90 Å². The maximum absolute atomic E-state index is 11.9. The molecule has 0 radical (unpaired) electrons. The lowest BCUT2D eigenvalue weighted by atomic mass is 10.3. The molecule has 1 aromatic heterocycles. The van der Waals surface area contributed by atoms with Crippen LogP contribution in [-0.4, -0.2) is 27.0 Å². The molecule has 0 saturated heterocycles. The minimum absolute atomic E-state index is 0.125. The Kier molecular flexibility index (Phi) is 3.30. The molecule has 8 nitrogen and oxygen atoms in total. The molecule has 0 fully saturated rings. The first-order valence-corrected chi connectivity index (χ1v) is 7.98. The Morgan fingerprint density at radius 2 is 1.79 bits per heavy atom. The van der Waals surface area contributed by atoms with Crippen molar-refractivity contribution in [1.82, 2.24) is 10.2 Å². The third-order valence-corrected chi connectivity index (χ3v) is 4.47. The van der Waals surface area contributed by atoms with E-state index < -0.39 is 20.0 Å². The Labute approximate surface area is 109 Å². The van der Waals surface area contributed by atoms with Crippen LogP contribution in [0.4, 0.5) is 5.69 Å². The predicted molar refractivity (Wildman–Crippen MR) is 67.2 cm³/mol. The molecule has 0 aliphatic heterocycles. The molecule has 0 aliphatic carbocycles. The van der Waals surface area contributed by atoms with Crippen LogP contribution < -0.4 is 9.86 Å². The lowest BCUT2D eigenvalue weighted by Gasteiger charge is -2.09. The smallest absolute Gasteiger partial charge is 0.277 e. The van der Waals surface area contributed by atoms with Crippen molar-refractivity contribution >= 4 is 25.7 Å². The van der Waals surface area contributed by atoms with E-state index in [9.17, 15) is 16.8 Å². The fraction of sp³-hybridized carbons (Fsp3) is 0. The zero-order valence-corrected chi connectivity index (χ0v) is 11.1. The average molecular weight is 302 g/mol. The molecule has 19 heavy (non-hydrogen) atoms. The maximum Gasteiger partial charge on any atom is 0.278 e. The number of rotatable bonds is 4. The number of aromatic amines is 1. The molecule has 1 aromatic carbocycles. The summed E-state index contributed by atoms with van der Waals surface area (Å²) in [4.78, 5) is -0.307. The molecule has 0 atom stereocenters. The molecule has 0 saturated carbocycles. The Morgan fingerprint density at radius 1 is 1.11 bits per heavy atom. The van der Waals surface area contributed by atoms with Gasteiger partial charge in [-0.1, -0.05) is 12.1 Å². The highest BCUT2D eigenvalue weighted by molar-refractivity contribution is 7.93. The van der Waals surface area contributed by atoms with Gasteiger partial charge in [0.25, 0.3) is 10.0 Å². The molecular weight excluding hydrogens is 292 g/mol. The van der Waals surface area contributed by atoms with Gasteiger partial charge in [-0.15, -0.1) is 0 Å². The second-order valence-corrected chi connectivity index (χ2v) is 6.75. The lowest BCUT2D eigenvalue weighted by Crippen LogP contribution is -2.19. The van der Waals surface area contributed by atoms with Crippen molar-refractivity contribution < 1.29 is 16.8 Å². The summed E-state index contributed by atoms with van der Waals surface area (Å²) in [6.07, 6.45) is 1.26. The van der Waals surface area contributed by atoms with Crippen molar-refractivity contribution in [3.05, 3.63) is 36.5 Å². The fourth-order valence-electron chi connectivity index (χ4n) is 1.39. The van der Waals surface area contributed by atoms with E-state index in [1.165, 1.54) is 36.5 Å². The summed E-state index contributed by atoms with van der Waals surface area (Å²) in [6.45, 7) is 0. The van der Waals surface area contributed by atoms with Gasteiger partial charge in [0.2, 0.25) is 10.0 Å². The van der Waals surface area contributed by atoms with Gasteiger partial charge in [-0.25, -0.2) is 13.6 Å². The third-order valence-electron chi connectivity index (χ3n) is 2.20. The zero-order valence-electron chi connectivity index (χ0n) is 9.44. The Morgan fingerprint density at radius 3 is 2.37 bits per heavy atom.